The van der Waals surface area contributed by atoms with Gasteiger partial charge in [-0.05, 0) is 35.3 Å². The fourth-order valence-corrected chi connectivity index (χ4v) is 2.23. The van der Waals surface area contributed by atoms with E-state index in [9.17, 15) is 0 Å². The molecule has 0 heteroatoms. The minimum Gasteiger partial charge on any atom is -0.0776 e. The fraction of sp³-hybridized carbons (Fsp3) is 0.478. The number of hydrogen-bond acceptors (Lipinski definition) is 0. The summed E-state index contributed by atoms with van der Waals surface area (Å²) in [6, 6.07) is 21.3. The number of hydrogen-bond donors (Lipinski definition) is 0. The molecule has 0 amide bonds. The SMILES string of the molecule is C.C.CC(C)C(C)c1ccccc1.CC(C)Cc1ccccc1. The van der Waals surface area contributed by atoms with Gasteiger partial charge in [-0.15, -0.1) is 0 Å². The Hall–Kier alpha value is -1.56. The van der Waals surface area contributed by atoms with Crippen molar-refractivity contribution in [2.45, 2.75) is 61.8 Å². The molecule has 2 rings (SSSR count). The van der Waals surface area contributed by atoms with Crippen molar-refractivity contribution in [1.82, 2.24) is 0 Å². The lowest BCUT2D eigenvalue weighted by Crippen LogP contribution is -2.00. The van der Waals surface area contributed by atoms with Gasteiger partial charge in [0.05, 0.1) is 0 Å². The average Bonchev–Trinajstić information content (AvgIpc) is 2.48. The van der Waals surface area contributed by atoms with E-state index in [2.05, 4.69) is 95.3 Å². The molecule has 0 radical (unpaired) electrons. The molecule has 0 aliphatic heterocycles. The van der Waals surface area contributed by atoms with Gasteiger partial charge < -0.3 is 0 Å². The molecule has 1 atom stereocenters. The molecule has 2 aromatic carbocycles. The van der Waals surface area contributed by atoms with Crippen molar-refractivity contribution in [3.8, 4) is 0 Å². The summed E-state index contributed by atoms with van der Waals surface area (Å²) in [5, 5.41) is 0. The minimum atomic E-state index is 0. The topological polar surface area (TPSA) is 0 Å². The summed E-state index contributed by atoms with van der Waals surface area (Å²) in [6.45, 7) is 11.3. The first-order chi connectivity index (χ1) is 10.0. The predicted octanol–water partition coefficient (Wildman–Crippen LogP) is 7.60. The van der Waals surface area contributed by atoms with Gasteiger partial charge >= 0.3 is 0 Å². The Kier molecular flexibility index (Phi) is 13.3. The smallest absolute Gasteiger partial charge is 0.0167 e. The van der Waals surface area contributed by atoms with Crippen LogP contribution in [0, 0.1) is 11.8 Å². The molecule has 0 fully saturated rings. The summed E-state index contributed by atoms with van der Waals surface area (Å²) in [5.41, 5.74) is 2.89. The van der Waals surface area contributed by atoms with Crippen LogP contribution in [0.15, 0.2) is 60.7 Å². The van der Waals surface area contributed by atoms with Crippen LogP contribution < -0.4 is 0 Å². The summed E-state index contributed by atoms with van der Waals surface area (Å²) in [5.74, 6) is 2.18. The molecule has 0 nitrogen and oxygen atoms in total. The van der Waals surface area contributed by atoms with E-state index in [0.717, 1.165) is 11.8 Å². The van der Waals surface area contributed by atoms with E-state index < -0.39 is 0 Å². The van der Waals surface area contributed by atoms with Gasteiger partial charge in [0.1, 0.15) is 0 Å². The van der Waals surface area contributed by atoms with Gasteiger partial charge in [-0.3, -0.25) is 0 Å². The zero-order valence-electron chi connectivity index (χ0n) is 14.2. The zero-order chi connectivity index (χ0) is 15.7. The molecule has 23 heavy (non-hydrogen) atoms. The van der Waals surface area contributed by atoms with Crippen LogP contribution in [0.1, 0.15) is 66.5 Å². The number of rotatable bonds is 4. The lowest BCUT2D eigenvalue weighted by molar-refractivity contribution is 0.535. The highest BCUT2D eigenvalue weighted by atomic mass is 14.1. The van der Waals surface area contributed by atoms with Crippen molar-refractivity contribution in [3.63, 3.8) is 0 Å². The maximum absolute atomic E-state index is 2.28. The molecule has 2 aromatic rings. The third-order valence-electron chi connectivity index (χ3n) is 3.81. The molecule has 0 N–H and O–H groups in total. The molecule has 0 heterocycles. The molecule has 0 aromatic heterocycles. The van der Waals surface area contributed by atoms with E-state index in [1.807, 2.05) is 0 Å². The van der Waals surface area contributed by atoms with Gasteiger partial charge in [0, 0.05) is 0 Å². The second kappa shape index (κ2) is 12.9. The maximum Gasteiger partial charge on any atom is -0.0167 e. The summed E-state index contributed by atoms with van der Waals surface area (Å²) in [6.07, 6.45) is 1.20. The van der Waals surface area contributed by atoms with Crippen LogP contribution in [0.3, 0.4) is 0 Å². The van der Waals surface area contributed by atoms with Gasteiger partial charge in [0.2, 0.25) is 0 Å². The van der Waals surface area contributed by atoms with E-state index >= 15 is 0 Å². The quantitative estimate of drug-likeness (QED) is 0.545. The van der Waals surface area contributed by atoms with Gasteiger partial charge in [0.15, 0.2) is 0 Å². The Morgan fingerprint density at radius 1 is 0.652 bits per heavy atom. The van der Waals surface area contributed by atoms with Crippen LogP contribution in [-0.2, 0) is 6.42 Å². The Morgan fingerprint density at radius 3 is 1.48 bits per heavy atom. The second-order valence-corrected chi connectivity index (χ2v) is 6.53. The fourth-order valence-electron chi connectivity index (χ4n) is 2.23. The molecule has 1 unspecified atom stereocenters. The van der Waals surface area contributed by atoms with Crippen LogP contribution in [-0.4, -0.2) is 0 Å². The van der Waals surface area contributed by atoms with Gasteiger partial charge in [-0.2, -0.15) is 0 Å². The second-order valence-electron chi connectivity index (χ2n) is 6.53. The van der Waals surface area contributed by atoms with E-state index in [4.69, 9.17) is 0 Å². The molecule has 0 saturated heterocycles. The van der Waals surface area contributed by atoms with Gasteiger partial charge in [-0.1, -0.05) is 110 Å². The average molecular weight is 315 g/mol. The molecule has 0 saturated carbocycles. The van der Waals surface area contributed by atoms with Crippen molar-refractivity contribution in [2.75, 3.05) is 0 Å². The zero-order valence-corrected chi connectivity index (χ0v) is 14.2. The van der Waals surface area contributed by atoms with Crippen molar-refractivity contribution < 1.29 is 0 Å². The Morgan fingerprint density at radius 2 is 1.09 bits per heavy atom. The first-order valence-electron chi connectivity index (χ1n) is 8.09. The normalized spacial score (nSPS) is 10.9. The largest absolute Gasteiger partial charge is 0.0776 e. The predicted molar refractivity (Wildman–Crippen MR) is 108 cm³/mol. The van der Waals surface area contributed by atoms with Crippen LogP contribution >= 0.6 is 0 Å². The van der Waals surface area contributed by atoms with Crippen molar-refractivity contribution >= 4 is 0 Å². The standard InChI is InChI=1S/C11H16.C10H14.2CH4/c1-9(2)10(3)11-7-5-4-6-8-11;1-9(2)8-10-6-4-3-5-7-10;;/h4-10H,1-3H3;3-7,9H,8H2,1-2H3;2*1H4. The Labute approximate surface area is 146 Å². The minimum absolute atomic E-state index is 0. The first kappa shape index (κ1) is 23.7. The van der Waals surface area contributed by atoms with Crippen molar-refractivity contribution in [1.29, 1.82) is 0 Å². The van der Waals surface area contributed by atoms with E-state index in [0.29, 0.717) is 5.92 Å². The Bertz CT molecular complexity index is 468. The highest BCUT2D eigenvalue weighted by molar-refractivity contribution is 5.19. The molecule has 0 aliphatic carbocycles. The van der Waals surface area contributed by atoms with E-state index in [-0.39, 0.29) is 14.9 Å². The lowest BCUT2D eigenvalue weighted by Gasteiger charge is -2.15. The highest BCUT2D eigenvalue weighted by Gasteiger charge is 2.07. The first-order valence-corrected chi connectivity index (χ1v) is 8.09. The number of benzene rings is 2. The van der Waals surface area contributed by atoms with Crippen molar-refractivity contribution in [2.24, 2.45) is 11.8 Å². The molecule has 0 bridgehead atoms. The highest BCUT2D eigenvalue weighted by Crippen LogP contribution is 2.22. The summed E-state index contributed by atoms with van der Waals surface area (Å²) in [4.78, 5) is 0. The maximum atomic E-state index is 2.28. The summed E-state index contributed by atoms with van der Waals surface area (Å²) < 4.78 is 0. The Balaban J connectivity index is 0. The van der Waals surface area contributed by atoms with Gasteiger partial charge in [0.25, 0.3) is 0 Å². The third kappa shape index (κ3) is 9.94. The van der Waals surface area contributed by atoms with Crippen LogP contribution in [0.2, 0.25) is 0 Å². The monoisotopic (exact) mass is 314 g/mol. The lowest BCUT2D eigenvalue weighted by atomic mass is 9.91. The van der Waals surface area contributed by atoms with Crippen molar-refractivity contribution in [3.05, 3.63) is 71.8 Å². The molecular weight excluding hydrogens is 276 g/mol. The summed E-state index contributed by atoms with van der Waals surface area (Å²) >= 11 is 0. The molecule has 130 valence electrons. The third-order valence-corrected chi connectivity index (χ3v) is 3.81. The van der Waals surface area contributed by atoms with Crippen LogP contribution in [0.4, 0.5) is 0 Å². The van der Waals surface area contributed by atoms with Gasteiger partial charge in [-0.25, -0.2) is 0 Å². The molecule has 0 aliphatic rings. The van der Waals surface area contributed by atoms with E-state index in [1.165, 1.54) is 17.5 Å². The van der Waals surface area contributed by atoms with Crippen LogP contribution in [0.25, 0.3) is 0 Å². The van der Waals surface area contributed by atoms with Crippen LogP contribution in [0.5, 0.6) is 0 Å². The summed E-state index contributed by atoms with van der Waals surface area (Å²) in [7, 11) is 0. The molecular formula is C23H38. The van der Waals surface area contributed by atoms with E-state index in [1.54, 1.807) is 0 Å². The molecule has 0 spiro atoms.